The number of rotatable bonds is 5. The number of hydrazine groups is 1. The van der Waals surface area contributed by atoms with Crippen LogP contribution in [0.15, 0.2) is 35.8 Å². The summed E-state index contributed by atoms with van der Waals surface area (Å²) in [5.41, 5.74) is 9.05. The van der Waals surface area contributed by atoms with Gasteiger partial charge in [-0.3, -0.25) is 15.6 Å². The Labute approximate surface area is 172 Å². The molecule has 0 aliphatic carbocycles. The number of hydrogen-bond acceptors (Lipinski definition) is 7. The van der Waals surface area contributed by atoms with E-state index < -0.39 is 0 Å². The highest BCUT2D eigenvalue weighted by atomic mass is 32.1. The van der Waals surface area contributed by atoms with Crippen LogP contribution in [-0.2, 0) is 0 Å². The SMILES string of the molecule is Cc1cc(C)nc(NNC(=O)c2cc(-c3cccs3)nc3c2cnn3C(C)C)n1. The molecule has 4 aromatic rings. The minimum Gasteiger partial charge on any atom is -0.267 e. The van der Waals surface area contributed by atoms with Crippen LogP contribution in [0.3, 0.4) is 0 Å². The molecule has 0 bridgehead atoms. The number of hydrogen-bond donors (Lipinski definition) is 2. The van der Waals surface area contributed by atoms with E-state index in [1.807, 2.05) is 56.0 Å². The van der Waals surface area contributed by atoms with Crippen LogP contribution in [0.1, 0.15) is 41.6 Å². The minimum absolute atomic E-state index is 0.122. The zero-order valence-electron chi connectivity index (χ0n) is 16.6. The van der Waals surface area contributed by atoms with Crippen molar-refractivity contribution in [2.24, 2.45) is 0 Å². The van der Waals surface area contributed by atoms with Gasteiger partial charge in [0.1, 0.15) is 0 Å². The first-order valence-corrected chi connectivity index (χ1v) is 10.1. The molecule has 0 unspecified atom stereocenters. The van der Waals surface area contributed by atoms with Gasteiger partial charge in [-0.15, -0.1) is 11.3 Å². The van der Waals surface area contributed by atoms with Crippen molar-refractivity contribution in [3.05, 3.63) is 52.8 Å². The number of pyridine rings is 1. The van der Waals surface area contributed by atoms with Crippen LogP contribution in [0, 0.1) is 13.8 Å². The molecule has 4 heterocycles. The third kappa shape index (κ3) is 3.81. The molecule has 0 aromatic carbocycles. The zero-order chi connectivity index (χ0) is 20.5. The predicted molar refractivity (Wildman–Crippen MR) is 114 cm³/mol. The summed E-state index contributed by atoms with van der Waals surface area (Å²) in [5, 5.41) is 7.11. The molecule has 0 atom stereocenters. The van der Waals surface area contributed by atoms with Gasteiger partial charge >= 0.3 is 0 Å². The van der Waals surface area contributed by atoms with Gasteiger partial charge in [-0.1, -0.05) is 6.07 Å². The van der Waals surface area contributed by atoms with Crippen molar-refractivity contribution in [1.82, 2.24) is 30.2 Å². The molecule has 0 aliphatic heterocycles. The van der Waals surface area contributed by atoms with Crippen LogP contribution in [0.25, 0.3) is 21.6 Å². The molecular weight excluding hydrogens is 386 g/mol. The fraction of sp³-hybridized carbons (Fsp3) is 0.250. The van der Waals surface area contributed by atoms with Crippen LogP contribution in [-0.4, -0.2) is 30.6 Å². The molecule has 9 heteroatoms. The van der Waals surface area contributed by atoms with Gasteiger partial charge in [-0.25, -0.2) is 19.6 Å². The molecule has 29 heavy (non-hydrogen) atoms. The third-order valence-corrected chi connectivity index (χ3v) is 5.24. The average Bonchev–Trinajstić information content (AvgIpc) is 3.34. The van der Waals surface area contributed by atoms with E-state index >= 15 is 0 Å². The molecule has 0 saturated carbocycles. The molecule has 4 rings (SSSR count). The number of anilines is 1. The molecule has 148 valence electrons. The fourth-order valence-corrected chi connectivity index (χ4v) is 3.78. The van der Waals surface area contributed by atoms with E-state index in [1.165, 1.54) is 0 Å². The van der Waals surface area contributed by atoms with Gasteiger partial charge in [0.05, 0.1) is 27.7 Å². The largest absolute Gasteiger partial charge is 0.270 e. The van der Waals surface area contributed by atoms with E-state index in [9.17, 15) is 4.79 Å². The second kappa shape index (κ2) is 7.59. The number of thiophene rings is 1. The van der Waals surface area contributed by atoms with E-state index in [0.717, 1.165) is 22.0 Å². The molecule has 0 spiro atoms. The van der Waals surface area contributed by atoms with Crippen LogP contribution < -0.4 is 10.9 Å². The first kappa shape index (κ1) is 19.0. The molecule has 0 fully saturated rings. The van der Waals surface area contributed by atoms with Gasteiger partial charge < -0.3 is 0 Å². The van der Waals surface area contributed by atoms with Crippen molar-refractivity contribution >= 4 is 34.2 Å². The Balaban J connectivity index is 1.72. The highest BCUT2D eigenvalue weighted by molar-refractivity contribution is 7.13. The van der Waals surface area contributed by atoms with Gasteiger partial charge in [-0.2, -0.15) is 5.10 Å². The van der Waals surface area contributed by atoms with Crippen LogP contribution in [0.2, 0.25) is 0 Å². The maximum absolute atomic E-state index is 13.0. The maximum Gasteiger partial charge on any atom is 0.270 e. The summed E-state index contributed by atoms with van der Waals surface area (Å²) >= 11 is 1.58. The summed E-state index contributed by atoms with van der Waals surface area (Å²) in [6, 6.07) is 7.73. The monoisotopic (exact) mass is 407 g/mol. The van der Waals surface area contributed by atoms with E-state index in [1.54, 1.807) is 23.6 Å². The minimum atomic E-state index is -0.304. The lowest BCUT2D eigenvalue weighted by molar-refractivity contribution is 0.0964. The Morgan fingerprint density at radius 2 is 1.90 bits per heavy atom. The number of amides is 1. The van der Waals surface area contributed by atoms with Crippen molar-refractivity contribution in [3.63, 3.8) is 0 Å². The lowest BCUT2D eigenvalue weighted by Crippen LogP contribution is -2.30. The highest BCUT2D eigenvalue weighted by Gasteiger charge is 2.19. The normalized spacial score (nSPS) is 11.2. The van der Waals surface area contributed by atoms with Gasteiger partial charge in [0.25, 0.3) is 5.91 Å². The second-order valence-corrected chi connectivity index (χ2v) is 7.95. The quantitative estimate of drug-likeness (QED) is 0.487. The van der Waals surface area contributed by atoms with Crippen molar-refractivity contribution in [2.75, 3.05) is 5.43 Å². The van der Waals surface area contributed by atoms with Crippen molar-refractivity contribution in [2.45, 2.75) is 33.7 Å². The number of nitrogens with one attached hydrogen (secondary N) is 2. The van der Waals surface area contributed by atoms with E-state index in [2.05, 4.69) is 25.9 Å². The first-order chi connectivity index (χ1) is 13.9. The number of carbonyl (C=O) groups excluding carboxylic acids is 1. The van der Waals surface area contributed by atoms with Crippen molar-refractivity contribution in [1.29, 1.82) is 0 Å². The summed E-state index contributed by atoms with van der Waals surface area (Å²) in [7, 11) is 0. The lowest BCUT2D eigenvalue weighted by Gasteiger charge is -2.11. The van der Waals surface area contributed by atoms with Gasteiger partial charge in [-0.05, 0) is 51.3 Å². The Kier molecular flexibility index (Phi) is 4.98. The van der Waals surface area contributed by atoms with Crippen molar-refractivity contribution < 1.29 is 4.79 Å². The molecule has 0 radical (unpaired) electrons. The predicted octanol–water partition coefficient (Wildman–Crippen LogP) is 3.90. The summed E-state index contributed by atoms with van der Waals surface area (Å²) in [6.07, 6.45) is 1.68. The summed E-state index contributed by atoms with van der Waals surface area (Å²) < 4.78 is 1.82. The molecule has 4 aromatic heterocycles. The van der Waals surface area contributed by atoms with Crippen LogP contribution in [0.4, 0.5) is 5.95 Å². The summed E-state index contributed by atoms with van der Waals surface area (Å²) in [5.74, 6) is 0.0405. The highest BCUT2D eigenvalue weighted by Crippen LogP contribution is 2.28. The number of aromatic nitrogens is 5. The number of nitrogens with zero attached hydrogens (tertiary/aromatic N) is 5. The number of carbonyl (C=O) groups is 1. The molecule has 0 aliphatic rings. The lowest BCUT2D eigenvalue weighted by atomic mass is 10.1. The molecule has 8 nitrogen and oxygen atoms in total. The smallest absolute Gasteiger partial charge is 0.267 e. The number of aryl methyl sites for hydroxylation is 2. The Morgan fingerprint density at radius 1 is 1.14 bits per heavy atom. The standard InChI is InChI=1S/C20H21N7OS/c1-11(2)27-18-15(10-21-27)14(9-16(24-18)17-6-5-7-29-17)19(28)25-26-20-22-12(3)8-13(4)23-20/h5-11H,1-4H3,(H,25,28)(H,22,23,26). The fourth-order valence-electron chi connectivity index (χ4n) is 3.10. The van der Waals surface area contributed by atoms with Crippen LogP contribution >= 0.6 is 11.3 Å². The maximum atomic E-state index is 13.0. The Bertz CT molecular complexity index is 1160. The summed E-state index contributed by atoms with van der Waals surface area (Å²) in [6.45, 7) is 7.82. The van der Waals surface area contributed by atoms with Gasteiger partial charge in [0.15, 0.2) is 5.65 Å². The van der Waals surface area contributed by atoms with Crippen LogP contribution in [0.5, 0.6) is 0 Å². The Morgan fingerprint density at radius 3 is 2.55 bits per heavy atom. The Hall–Kier alpha value is -3.33. The molecule has 0 saturated heterocycles. The zero-order valence-corrected chi connectivity index (χ0v) is 17.4. The molecule has 1 amide bonds. The summed E-state index contributed by atoms with van der Waals surface area (Å²) in [4.78, 5) is 27.3. The molecule has 2 N–H and O–H groups in total. The third-order valence-electron chi connectivity index (χ3n) is 4.34. The average molecular weight is 408 g/mol. The van der Waals surface area contributed by atoms with E-state index in [4.69, 9.17) is 4.98 Å². The molecular formula is C20H21N7OS. The van der Waals surface area contributed by atoms with Gasteiger partial charge in [0.2, 0.25) is 5.95 Å². The van der Waals surface area contributed by atoms with Gasteiger partial charge in [0, 0.05) is 17.4 Å². The topological polar surface area (TPSA) is 97.6 Å². The van der Waals surface area contributed by atoms with E-state index in [0.29, 0.717) is 22.5 Å². The number of fused-ring (bicyclic) bond motifs is 1. The second-order valence-electron chi connectivity index (χ2n) is 7.01. The van der Waals surface area contributed by atoms with E-state index in [-0.39, 0.29) is 11.9 Å². The first-order valence-electron chi connectivity index (χ1n) is 9.23. The van der Waals surface area contributed by atoms with Crippen molar-refractivity contribution in [3.8, 4) is 10.6 Å².